The minimum Gasteiger partial charge on any atom is -0.207 e. The van der Waals surface area contributed by atoms with Crippen molar-refractivity contribution in [2.24, 2.45) is 0 Å². The molecule has 0 aliphatic carbocycles. The first-order valence-electron chi connectivity index (χ1n) is 4.50. The van der Waals surface area contributed by atoms with E-state index in [0.29, 0.717) is 24.3 Å². The smallest absolute Gasteiger partial charge is 0.166 e. The summed E-state index contributed by atoms with van der Waals surface area (Å²) in [5.74, 6) is -5.95. The SMILES string of the molecule is Fc1[c]cc(F)c(-c2cc(F)cc(F)c2F)c1. The van der Waals surface area contributed by atoms with Crippen LogP contribution in [0.4, 0.5) is 22.0 Å². The summed E-state index contributed by atoms with van der Waals surface area (Å²) in [6, 6.07) is 4.07. The van der Waals surface area contributed by atoms with Gasteiger partial charge in [-0.1, -0.05) is 0 Å². The summed E-state index contributed by atoms with van der Waals surface area (Å²) in [6.45, 7) is 0. The minimum absolute atomic E-state index is 0.322. The molecule has 0 aliphatic rings. The predicted molar refractivity (Wildman–Crippen MR) is 50.5 cm³/mol. The fourth-order valence-electron chi connectivity index (χ4n) is 1.41. The zero-order valence-electron chi connectivity index (χ0n) is 8.20. The van der Waals surface area contributed by atoms with Crippen molar-refractivity contribution in [2.45, 2.75) is 0 Å². The molecular formula is C12H4F5. The maximum atomic E-state index is 13.3. The van der Waals surface area contributed by atoms with Crippen LogP contribution in [-0.4, -0.2) is 0 Å². The lowest BCUT2D eigenvalue weighted by Crippen LogP contribution is -1.95. The normalized spacial score (nSPS) is 10.6. The molecule has 5 heteroatoms. The monoisotopic (exact) mass is 243 g/mol. The Hall–Kier alpha value is -1.91. The molecule has 2 aromatic rings. The summed E-state index contributed by atoms with van der Waals surface area (Å²) in [6.07, 6.45) is 0. The molecule has 0 atom stereocenters. The van der Waals surface area contributed by atoms with Crippen LogP contribution in [-0.2, 0) is 0 Å². The summed E-state index contributed by atoms with van der Waals surface area (Å²) in [5.41, 5.74) is -1.23. The van der Waals surface area contributed by atoms with Crippen LogP contribution in [0.3, 0.4) is 0 Å². The van der Waals surface area contributed by atoms with Crippen molar-refractivity contribution in [3.8, 4) is 11.1 Å². The van der Waals surface area contributed by atoms with Crippen LogP contribution in [0.2, 0.25) is 0 Å². The van der Waals surface area contributed by atoms with Crippen molar-refractivity contribution in [3.05, 3.63) is 59.4 Å². The van der Waals surface area contributed by atoms with E-state index >= 15 is 0 Å². The van der Waals surface area contributed by atoms with Gasteiger partial charge in [0.2, 0.25) is 0 Å². The van der Waals surface area contributed by atoms with Gasteiger partial charge in [0, 0.05) is 23.3 Å². The number of halogens is 5. The standard InChI is InChI=1S/C12H4F5/c13-6-1-2-10(15)8(3-6)9-4-7(14)5-11(16)12(9)17/h2-5H. The highest BCUT2D eigenvalue weighted by Gasteiger charge is 2.16. The van der Waals surface area contributed by atoms with Crippen molar-refractivity contribution in [3.63, 3.8) is 0 Å². The van der Waals surface area contributed by atoms with Crippen molar-refractivity contribution in [1.29, 1.82) is 0 Å². The first-order chi connectivity index (χ1) is 7.99. The molecule has 1 radical (unpaired) electrons. The fourth-order valence-corrected chi connectivity index (χ4v) is 1.41. The van der Waals surface area contributed by atoms with Gasteiger partial charge in [0.05, 0.1) is 0 Å². The number of benzene rings is 2. The maximum Gasteiger partial charge on any atom is 0.166 e. The van der Waals surface area contributed by atoms with Crippen LogP contribution in [0, 0.1) is 35.2 Å². The second-order valence-electron chi connectivity index (χ2n) is 3.29. The van der Waals surface area contributed by atoms with Crippen molar-refractivity contribution >= 4 is 0 Å². The van der Waals surface area contributed by atoms with Crippen LogP contribution < -0.4 is 0 Å². The number of rotatable bonds is 1. The van der Waals surface area contributed by atoms with Crippen LogP contribution in [0.15, 0.2) is 24.3 Å². The van der Waals surface area contributed by atoms with Gasteiger partial charge in [0.25, 0.3) is 0 Å². The third-order valence-electron chi connectivity index (χ3n) is 2.15. The second-order valence-corrected chi connectivity index (χ2v) is 3.29. The molecular weight excluding hydrogens is 239 g/mol. The highest BCUT2D eigenvalue weighted by Crippen LogP contribution is 2.28. The van der Waals surface area contributed by atoms with Gasteiger partial charge in [-0.15, -0.1) is 0 Å². The summed E-state index contributed by atoms with van der Waals surface area (Å²) >= 11 is 0. The van der Waals surface area contributed by atoms with Crippen LogP contribution >= 0.6 is 0 Å². The summed E-state index contributed by atoms with van der Waals surface area (Å²) in [7, 11) is 0. The van der Waals surface area contributed by atoms with Gasteiger partial charge in [-0.05, 0) is 18.2 Å². The molecule has 0 heterocycles. The molecule has 17 heavy (non-hydrogen) atoms. The molecule has 87 valence electrons. The quantitative estimate of drug-likeness (QED) is 0.527. The molecule has 2 rings (SSSR count). The first kappa shape index (κ1) is 11.6. The van der Waals surface area contributed by atoms with E-state index in [0.717, 1.165) is 0 Å². The summed E-state index contributed by atoms with van der Waals surface area (Å²) in [5, 5.41) is 0. The van der Waals surface area contributed by atoms with Gasteiger partial charge in [-0.3, -0.25) is 0 Å². The molecule has 0 spiro atoms. The molecule has 0 N–H and O–H groups in total. The fraction of sp³-hybridized carbons (Fsp3) is 0. The highest BCUT2D eigenvalue weighted by molar-refractivity contribution is 5.65. The van der Waals surface area contributed by atoms with E-state index in [9.17, 15) is 22.0 Å². The van der Waals surface area contributed by atoms with Gasteiger partial charge < -0.3 is 0 Å². The van der Waals surface area contributed by atoms with E-state index in [2.05, 4.69) is 0 Å². The second kappa shape index (κ2) is 4.16. The Morgan fingerprint density at radius 1 is 0.765 bits per heavy atom. The van der Waals surface area contributed by atoms with Crippen LogP contribution in [0.25, 0.3) is 11.1 Å². The third kappa shape index (κ3) is 2.13. The average molecular weight is 243 g/mol. The van der Waals surface area contributed by atoms with E-state index in [4.69, 9.17) is 0 Å². The highest BCUT2D eigenvalue weighted by atomic mass is 19.2. The zero-order chi connectivity index (χ0) is 12.6. The number of hydrogen-bond acceptors (Lipinski definition) is 0. The Bertz CT molecular complexity index is 577. The molecule has 0 unspecified atom stereocenters. The Morgan fingerprint density at radius 2 is 1.47 bits per heavy atom. The molecule has 0 saturated carbocycles. The lowest BCUT2D eigenvalue weighted by molar-refractivity contribution is 0.496. The van der Waals surface area contributed by atoms with Gasteiger partial charge >= 0.3 is 0 Å². The van der Waals surface area contributed by atoms with E-state index in [1.807, 2.05) is 6.07 Å². The predicted octanol–water partition coefficient (Wildman–Crippen LogP) is 3.85. The Balaban J connectivity index is 2.72. The lowest BCUT2D eigenvalue weighted by Gasteiger charge is -2.06. The Morgan fingerprint density at radius 3 is 2.18 bits per heavy atom. The van der Waals surface area contributed by atoms with Crippen molar-refractivity contribution < 1.29 is 22.0 Å². The maximum absolute atomic E-state index is 13.3. The topological polar surface area (TPSA) is 0 Å². The largest absolute Gasteiger partial charge is 0.207 e. The summed E-state index contributed by atoms with van der Waals surface area (Å²) in [4.78, 5) is 0. The zero-order valence-corrected chi connectivity index (χ0v) is 8.20. The molecule has 0 aromatic heterocycles. The molecule has 0 bridgehead atoms. The molecule has 0 aliphatic heterocycles. The van der Waals surface area contributed by atoms with Gasteiger partial charge in [0.1, 0.15) is 17.5 Å². The number of hydrogen-bond donors (Lipinski definition) is 0. The van der Waals surface area contributed by atoms with Crippen LogP contribution in [0.5, 0.6) is 0 Å². The van der Waals surface area contributed by atoms with E-state index in [1.54, 1.807) is 0 Å². The average Bonchev–Trinajstić information content (AvgIpc) is 2.27. The van der Waals surface area contributed by atoms with E-state index in [1.165, 1.54) is 0 Å². The Labute approximate surface area is 93.3 Å². The molecule has 0 saturated heterocycles. The van der Waals surface area contributed by atoms with Gasteiger partial charge in [-0.25, -0.2) is 22.0 Å². The minimum atomic E-state index is -1.47. The lowest BCUT2D eigenvalue weighted by atomic mass is 10.0. The van der Waals surface area contributed by atoms with Crippen molar-refractivity contribution in [2.75, 3.05) is 0 Å². The molecule has 0 amide bonds. The molecule has 0 fully saturated rings. The molecule has 0 nitrogen and oxygen atoms in total. The first-order valence-corrected chi connectivity index (χ1v) is 4.50. The Kier molecular flexibility index (Phi) is 2.83. The van der Waals surface area contributed by atoms with E-state index in [-0.39, 0.29) is 0 Å². The van der Waals surface area contributed by atoms with Gasteiger partial charge in [-0.2, -0.15) is 0 Å². The van der Waals surface area contributed by atoms with Crippen molar-refractivity contribution in [1.82, 2.24) is 0 Å². The summed E-state index contributed by atoms with van der Waals surface area (Å²) < 4.78 is 65.3. The van der Waals surface area contributed by atoms with Crippen LogP contribution in [0.1, 0.15) is 0 Å². The molecule has 2 aromatic carbocycles. The third-order valence-corrected chi connectivity index (χ3v) is 2.15. The van der Waals surface area contributed by atoms with Gasteiger partial charge in [0.15, 0.2) is 11.6 Å². The van der Waals surface area contributed by atoms with E-state index < -0.39 is 40.2 Å².